The number of fused-ring (bicyclic) bond motifs is 8. The average molecular weight is 2030 g/mol. The summed E-state index contributed by atoms with van der Waals surface area (Å²) in [6.07, 6.45) is 41.4. The molecule has 0 unspecified atom stereocenters. The molecule has 0 spiro atoms. The van der Waals surface area contributed by atoms with E-state index in [2.05, 4.69) is 119 Å². The second-order valence-corrected chi connectivity index (χ2v) is 45.1. The number of halogens is 5. The third-order valence-electron chi connectivity index (χ3n) is 30.8. The lowest BCUT2D eigenvalue weighted by Gasteiger charge is -2.60. The summed E-state index contributed by atoms with van der Waals surface area (Å²) in [6.45, 7) is 17.0. The Hall–Kier alpha value is -10.8. The number of imidazole rings is 6. The van der Waals surface area contributed by atoms with E-state index < -0.39 is 0 Å². The molecule has 6 amide bonds. The number of carbonyl (C=O) groups is 6. The normalized spacial score (nSPS) is 19.2. The summed E-state index contributed by atoms with van der Waals surface area (Å²) in [5, 5.41) is 20.3. The summed E-state index contributed by atoms with van der Waals surface area (Å²) in [5.74, 6) is 7.50. The van der Waals surface area contributed by atoms with Crippen molar-refractivity contribution < 1.29 is 28.8 Å². The van der Waals surface area contributed by atoms with Gasteiger partial charge in [0.1, 0.15) is 58.9 Å². The quantitative estimate of drug-likeness (QED) is 0.0306. The molecule has 0 saturated heterocycles. The van der Waals surface area contributed by atoms with E-state index in [0.29, 0.717) is 165 Å². The lowest BCUT2D eigenvalue weighted by molar-refractivity contribution is -0.129. The zero-order chi connectivity index (χ0) is 99.2. The van der Waals surface area contributed by atoms with E-state index in [9.17, 15) is 28.8 Å². The fourth-order valence-electron chi connectivity index (χ4n) is 21.7. The minimum atomic E-state index is -0.0779. The first-order chi connectivity index (χ1) is 68.4. The van der Waals surface area contributed by atoms with Crippen molar-refractivity contribution in [2.45, 2.75) is 329 Å². The maximum atomic E-state index is 12.8. The summed E-state index contributed by atoms with van der Waals surface area (Å²) in [5.41, 5.74) is 12.0. The number of aryl methyl sites for hydroxylation is 1. The number of aromatic nitrogens is 18. The fraction of sp³-hybridized carbons (Fsp3) is 0.551. The van der Waals surface area contributed by atoms with E-state index in [0.717, 1.165) is 168 Å². The molecule has 11 fully saturated rings. The lowest BCUT2D eigenvalue weighted by atomic mass is 9.45. The molecule has 11 aliphatic carbocycles. The molecule has 2 bridgehead atoms. The molecule has 3 atom stereocenters. The van der Waals surface area contributed by atoms with Gasteiger partial charge in [-0.2, -0.15) is 0 Å². The van der Waals surface area contributed by atoms with Crippen LogP contribution in [0.5, 0.6) is 0 Å². The number of benzene rings is 1. The standard InChI is InChI=1S/C21H28N4O.C19H19ClN4O.2C18H23ClN4O.C16H21ClN4O.C15H19ClN4O/c1-21(2)14-9-8-13(16(21)12-14)11-18(26)24-20-23-17-7-4-10-22-19(17)25(20)15-5-3-6-15;1-12-5-7-13(8-6-12)11-17(25)23-19-21-15-9-10-16(20)22-18(15)24(19)14-3-2-4-14;19-15-10-9-14-17(21-15)23(13-6-3-7-13)18(20-14)22-16(24)11-8-12-4-1-2-5-12;19-15-10-9-14-17(21-15)23(13-7-4-8-13)18(20-14)22-16(24)11-12-5-2-1-3-6-12;1-16(2,3)9-13(22)20-15-18-11-7-8-12(17)19-14(11)21(15)10-5-4-6-10;1-9(2)8-13(21)19-15-17-11-6-7-12(16)18-14(11)20(15)10-4-3-5-10/h4,7,10,13-16H,3,5-6,8-9,11-12H2,1-2H3,(H,23,24,26);5-10,14H,2-4,11H2,1H3,(H,21,23,25);2*9-10,12-13H,1-8,11H2,(H,20,22,24);7-8,10H,4-6,9H2,1-3H3,(H,18,20,22);6-7,9-10H,3-5,8H2,1-2H3,(H,17,19,21)/t13-,14-,16-;;;;;/m0...../s1. The number of carbonyl (C=O) groups excluding carboxylic acids is 6. The van der Waals surface area contributed by atoms with Crippen molar-refractivity contribution in [1.82, 2.24) is 87.2 Å². The number of rotatable bonds is 24. The lowest BCUT2D eigenvalue weighted by Crippen LogP contribution is -2.52. The van der Waals surface area contributed by atoms with E-state index >= 15 is 0 Å². The van der Waals surface area contributed by atoms with Crippen LogP contribution in [0.2, 0.25) is 25.8 Å². The van der Waals surface area contributed by atoms with Crippen LogP contribution in [0.25, 0.3) is 67.0 Å². The number of amides is 6. The smallest absolute Gasteiger partial charge is 0.231 e. The molecule has 12 heterocycles. The Labute approximate surface area is 853 Å². The van der Waals surface area contributed by atoms with Crippen molar-refractivity contribution in [3.63, 3.8) is 0 Å². The van der Waals surface area contributed by atoms with Gasteiger partial charge in [0.15, 0.2) is 33.9 Å². The molecule has 12 aromatic heterocycles. The van der Waals surface area contributed by atoms with Gasteiger partial charge in [0.05, 0.1) is 6.42 Å². The maximum Gasteiger partial charge on any atom is 0.231 e. The minimum absolute atomic E-state index is 0.00743. The van der Waals surface area contributed by atoms with Gasteiger partial charge in [-0.25, -0.2) is 59.8 Å². The minimum Gasteiger partial charge on any atom is -0.296 e. The molecule has 24 rings (SSSR count). The number of hydrogen-bond acceptors (Lipinski definition) is 18. The first kappa shape index (κ1) is 101. The highest BCUT2D eigenvalue weighted by atomic mass is 35.5. The molecule has 35 heteroatoms. The van der Waals surface area contributed by atoms with Gasteiger partial charge in [-0.15, -0.1) is 0 Å². The zero-order valence-electron chi connectivity index (χ0n) is 82.8. The van der Waals surface area contributed by atoms with Crippen LogP contribution in [0.4, 0.5) is 35.7 Å². The number of hydrogen-bond donors (Lipinski definition) is 6. The van der Waals surface area contributed by atoms with Crippen LogP contribution in [0.1, 0.15) is 327 Å². The Kier molecular flexibility index (Phi) is 32.0. The second-order valence-electron chi connectivity index (χ2n) is 43.2. The van der Waals surface area contributed by atoms with Gasteiger partial charge in [-0.05, 0) is 286 Å². The molecule has 6 N–H and O–H groups in total. The predicted octanol–water partition coefficient (Wildman–Crippen LogP) is 26.3. The zero-order valence-corrected chi connectivity index (χ0v) is 86.6. The van der Waals surface area contributed by atoms with E-state index in [1.165, 1.54) is 121 Å². The molecule has 0 aliphatic heterocycles. The van der Waals surface area contributed by atoms with Crippen LogP contribution in [0.15, 0.2) is 103 Å². The Balaban J connectivity index is 0.000000113. The molecular weight excluding hydrogens is 1890 g/mol. The van der Waals surface area contributed by atoms with Gasteiger partial charge in [0, 0.05) is 74.6 Å². The number of nitrogens with zero attached hydrogens (tertiary/aromatic N) is 18. The van der Waals surface area contributed by atoms with Gasteiger partial charge in [-0.1, -0.05) is 181 Å². The van der Waals surface area contributed by atoms with Crippen molar-refractivity contribution in [2.75, 3.05) is 31.9 Å². The molecule has 0 radical (unpaired) electrons. The molecule has 13 aromatic rings. The van der Waals surface area contributed by atoms with Crippen molar-refractivity contribution in [1.29, 1.82) is 0 Å². The highest BCUT2D eigenvalue weighted by Crippen LogP contribution is 2.62. The third kappa shape index (κ3) is 24.0. The molecule has 11 aliphatic rings. The summed E-state index contributed by atoms with van der Waals surface area (Å²) in [4.78, 5) is 129. The van der Waals surface area contributed by atoms with E-state index in [1.807, 2.05) is 128 Å². The van der Waals surface area contributed by atoms with Crippen LogP contribution < -0.4 is 31.9 Å². The number of pyridine rings is 6. The van der Waals surface area contributed by atoms with Gasteiger partial charge in [-0.3, -0.25) is 88.1 Å². The number of nitrogens with one attached hydrogen (secondary N) is 6. The predicted molar refractivity (Wildman–Crippen MR) is 563 cm³/mol. The van der Waals surface area contributed by atoms with E-state index in [-0.39, 0.29) is 40.9 Å². The SMILES string of the molecule is CC(C)(C)CC(=O)Nc1nc2ccc(Cl)nc2n1C1CCC1.CC(C)CC(=O)Nc1nc2ccc(Cl)nc2n1C1CCC1.CC1(C)[C@H]2CC[C@@H](CC(=O)Nc3nc4cccnc4n3C3CCC3)[C@@H]1C2.Cc1ccc(CC(=O)Nc2nc3ccc(Cl)nc3n2C2CCC2)cc1.O=C(CC1CCCCC1)Nc1nc2ccc(Cl)nc2n1C1CCC1.O=C(CCC1CCCC1)Nc1nc2ccc(Cl)nc2n1C1CCC1. The first-order valence-corrected chi connectivity index (χ1v) is 53.7. The molecular formula is C107H133Cl5N24O6. The summed E-state index contributed by atoms with van der Waals surface area (Å²) >= 11 is 30.2. The van der Waals surface area contributed by atoms with Gasteiger partial charge in [0.25, 0.3) is 0 Å². The summed E-state index contributed by atoms with van der Waals surface area (Å²) < 4.78 is 12.4. The van der Waals surface area contributed by atoms with Crippen LogP contribution in [-0.2, 0) is 35.2 Å². The summed E-state index contributed by atoms with van der Waals surface area (Å²) in [7, 11) is 0. The Morgan fingerprint density at radius 1 is 0.366 bits per heavy atom. The van der Waals surface area contributed by atoms with Crippen LogP contribution in [-0.4, -0.2) is 123 Å². The Morgan fingerprint density at radius 2 is 0.704 bits per heavy atom. The first-order valence-electron chi connectivity index (χ1n) is 51.8. The second kappa shape index (κ2) is 44.8. The Morgan fingerprint density at radius 3 is 1.06 bits per heavy atom. The monoisotopic (exact) mass is 2020 g/mol. The van der Waals surface area contributed by atoms with Crippen molar-refractivity contribution >= 4 is 196 Å². The fourth-order valence-corrected chi connectivity index (χ4v) is 22.4. The highest BCUT2D eigenvalue weighted by Gasteiger charge is 2.54. The molecule has 11 saturated carbocycles. The van der Waals surface area contributed by atoms with Crippen molar-refractivity contribution in [2.24, 2.45) is 46.3 Å². The summed E-state index contributed by atoms with van der Waals surface area (Å²) in [6, 6.07) is 32.0. The van der Waals surface area contributed by atoms with E-state index in [4.69, 9.17) is 58.0 Å². The number of anilines is 6. The van der Waals surface area contributed by atoms with Gasteiger partial charge < -0.3 is 0 Å². The Bertz CT molecular complexity index is 6710. The maximum absolute atomic E-state index is 12.8. The molecule has 752 valence electrons. The highest BCUT2D eigenvalue weighted by molar-refractivity contribution is 6.31. The van der Waals surface area contributed by atoms with Crippen LogP contribution in [0, 0.1) is 53.3 Å². The van der Waals surface area contributed by atoms with Crippen LogP contribution >= 0.6 is 58.0 Å². The molecule has 142 heavy (non-hydrogen) atoms. The van der Waals surface area contributed by atoms with Gasteiger partial charge in [0.2, 0.25) is 71.1 Å². The average Bonchev–Trinajstić information content (AvgIpc) is 1.44. The van der Waals surface area contributed by atoms with Crippen LogP contribution in [0.3, 0.4) is 0 Å². The largest absolute Gasteiger partial charge is 0.296 e. The third-order valence-corrected chi connectivity index (χ3v) is 31.8. The van der Waals surface area contributed by atoms with Crippen molar-refractivity contribution in [3.8, 4) is 0 Å². The van der Waals surface area contributed by atoms with Crippen molar-refractivity contribution in [3.05, 3.63) is 140 Å². The van der Waals surface area contributed by atoms with Gasteiger partial charge >= 0.3 is 0 Å². The van der Waals surface area contributed by atoms with E-state index in [1.54, 1.807) is 30.3 Å². The topological polar surface area (TPSA) is 359 Å². The molecule has 30 nitrogen and oxygen atoms in total. The molecule has 1 aromatic carbocycles.